The van der Waals surface area contributed by atoms with E-state index in [-0.39, 0.29) is 29.9 Å². The van der Waals surface area contributed by atoms with E-state index in [1.807, 2.05) is 42.5 Å². The Balaban J connectivity index is 1.35. The van der Waals surface area contributed by atoms with Gasteiger partial charge in [-0.25, -0.2) is 8.42 Å². The molecule has 0 unspecified atom stereocenters. The fraction of sp³-hybridized carbons (Fsp3) is 0.231. The summed E-state index contributed by atoms with van der Waals surface area (Å²) in [6.07, 6.45) is 1.74. The molecule has 3 heterocycles. The third-order valence-corrected chi connectivity index (χ3v) is 7.36. The van der Waals surface area contributed by atoms with Crippen molar-refractivity contribution in [2.24, 2.45) is 5.16 Å². The standard InChI is InChI=1S/C26H24N4O6S/c1-34-28-21-14-23(25-27-24(29-36-25)17-37(32,33)16-22-8-5-13-35-22)30(15-21)26(31)20-11-9-19(10-12-20)18-6-3-2-4-7-18/h2-13,23H,14-17H2,1H3/b28-21+/t23-/m0/s1. The number of nitrogens with zero attached hydrogens (tertiary/aromatic N) is 4. The number of amides is 1. The third kappa shape index (κ3) is 5.61. The molecular formula is C26H24N4O6S. The lowest BCUT2D eigenvalue weighted by molar-refractivity contribution is 0.0713. The van der Waals surface area contributed by atoms with Crippen LogP contribution in [0.2, 0.25) is 0 Å². The number of carbonyl (C=O) groups is 1. The lowest BCUT2D eigenvalue weighted by Gasteiger charge is -2.21. The van der Waals surface area contributed by atoms with E-state index in [4.69, 9.17) is 13.8 Å². The van der Waals surface area contributed by atoms with Gasteiger partial charge in [0, 0.05) is 12.0 Å². The summed E-state index contributed by atoms with van der Waals surface area (Å²) in [5.74, 6) is -0.456. The molecule has 10 nitrogen and oxygen atoms in total. The predicted octanol–water partition coefficient (Wildman–Crippen LogP) is 4.03. The topological polar surface area (TPSA) is 128 Å². The number of oxime groups is 1. The minimum Gasteiger partial charge on any atom is -0.468 e. The first-order chi connectivity index (χ1) is 17.9. The lowest BCUT2D eigenvalue weighted by Crippen LogP contribution is -2.31. The molecule has 1 fully saturated rings. The molecule has 0 bridgehead atoms. The summed E-state index contributed by atoms with van der Waals surface area (Å²) in [7, 11) is -2.16. The van der Waals surface area contributed by atoms with Gasteiger partial charge >= 0.3 is 0 Å². The van der Waals surface area contributed by atoms with E-state index >= 15 is 0 Å². The van der Waals surface area contributed by atoms with Crippen LogP contribution in [0.3, 0.4) is 0 Å². The second-order valence-corrected chi connectivity index (χ2v) is 10.7. The van der Waals surface area contributed by atoms with Crippen molar-refractivity contribution in [3.63, 3.8) is 0 Å². The third-order valence-electron chi connectivity index (χ3n) is 5.94. The summed E-state index contributed by atoms with van der Waals surface area (Å²) in [4.78, 5) is 24.3. The Hall–Kier alpha value is -4.25. The molecule has 0 spiro atoms. The predicted molar refractivity (Wildman–Crippen MR) is 134 cm³/mol. The Bertz CT molecular complexity index is 1500. The van der Waals surface area contributed by atoms with Crippen molar-refractivity contribution in [1.29, 1.82) is 0 Å². The number of carbonyl (C=O) groups excluding carboxylic acids is 1. The summed E-state index contributed by atoms with van der Waals surface area (Å²) >= 11 is 0. The first-order valence-electron chi connectivity index (χ1n) is 11.5. The Labute approximate surface area is 213 Å². The number of likely N-dealkylation sites (tertiary alicyclic amines) is 1. The summed E-state index contributed by atoms with van der Waals surface area (Å²) in [6, 6.07) is 19.8. The highest BCUT2D eigenvalue weighted by molar-refractivity contribution is 7.89. The van der Waals surface area contributed by atoms with E-state index in [9.17, 15) is 13.2 Å². The molecule has 1 amide bonds. The van der Waals surface area contributed by atoms with Gasteiger partial charge in [-0.2, -0.15) is 4.98 Å². The van der Waals surface area contributed by atoms with E-state index in [1.165, 1.54) is 13.4 Å². The summed E-state index contributed by atoms with van der Waals surface area (Å²) in [5, 5.41) is 7.87. The molecule has 2 aromatic heterocycles. The SMILES string of the molecule is CO/N=C1\C[C@@H](c2nc(CS(=O)(=O)Cc3ccco3)no2)N(C(=O)c2ccc(-c3ccccc3)cc2)C1. The van der Waals surface area contributed by atoms with Crippen LogP contribution >= 0.6 is 0 Å². The zero-order chi connectivity index (χ0) is 25.8. The van der Waals surface area contributed by atoms with Gasteiger partial charge in [-0.05, 0) is 35.4 Å². The molecule has 1 aliphatic heterocycles. The molecule has 1 atom stereocenters. The quantitative estimate of drug-likeness (QED) is 0.319. The average molecular weight is 521 g/mol. The maximum absolute atomic E-state index is 13.5. The smallest absolute Gasteiger partial charge is 0.254 e. The van der Waals surface area contributed by atoms with E-state index in [2.05, 4.69) is 15.3 Å². The molecule has 11 heteroatoms. The minimum atomic E-state index is -3.59. The van der Waals surface area contributed by atoms with Crippen molar-refractivity contribution in [2.75, 3.05) is 13.7 Å². The average Bonchev–Trinajstić information content (AvgIpc) is 3.66. The Morgan fingerprint density at radius 3 is 2.51 bits per heavy atom. The van der Waals surface area contributed by atoms with Gasteiger partial charge < -0.3 is 18.7 Å². The minimum absolute atomic E-state index is 0.0123. The fourth-order valence-electron chi connectivity index (χ4n) is 4.26. The van der Waals surface area contributed by atoms with Gasteiger partial charge in [-0.15, -0.1) is 0 Å². The zero-order valence-corrected chi connectivity index (χ0v) is 20.8. The van der Waals surface area contributed by atoms with Crippen LogP contribution in [0.25, 0.3) is 11.1 Å². The van der Waals surface area contributed by atoms with Gasteiger partial charge in [-0.1, -0.05) is 52.8 Å². The molecule has 0 radical (unpaired) electrons. The summed E-state index contributed by atoms with van der Waals surface area (Å²) in [6.45, 7) is 0.215. The van der Waals surface area contributed by atoms with E-state index in [0.717, 1.165) is 11.1 Å². The Morgan fingerprint density at radius 2 is 1.81 bits per heavy atom. The highest BCUT2D eigenvalue weighted by Gasteiger charge is 2.38. The molecule has 190 valence electrons. The largest absolute Gasteiger partial charge is 0.468 e. The molecule has 1 saturated heterocycles. The van der Waals surface area contributed by atoms with Crippen LogP contribution < -0.4 is 0 Å². The van der Waals surface area contributed by atoms with Crippen molar-refractivity contribution in [1.82, 2.24) is 15.0 Å². The van der Waals surface area contributed by atoms with Crippen LogP contribution in [0.1, 0.15) is 40.3 Å². The first kappa shape index (κ1) is 24.4. The van der Waals surface area contributed by atoms with Crippen LogP contribution in [0, 0.1) is 0 Å². The van der Waals surface area contributed by atoms with Gasteiger partial charge in [0.1, 0.15) is 30.4 Å². The number of aromatic nitrogens is 2. The molecule has 5 rings (SSSR count). The van der Waals surface area contributed by atoms with Gasteiger partial charge in [0.05, 0.1) is 18.5 Å². The second-order valence-electron chi connectivity index (χ2n) is 8.60. The van der Waals surface area contributed by atoms with Gasteiger partial charge in [0.15, 0.2) is 15.7 Å². The van der Waals surface area contributed by atoms with Crippen LogP contribution in [-0.4, -0.2) is 48.7 Å². The van der Waals surface area contributed by atoms with Gasteiger partial charge in [0.25, 0.3) is 5.91 Å². The van der Waals surface area contributed by atoms with E-state index in [0.29, 0.717) is 23.5 Å². The molecule has 4 aromatic rings. The molecule has 0 saturated carbocycles. The zero-order valence-electron chi connectivity index (χ0n) is 20.0. The Kier molecular flexibility index (Phi) is 6.87. The van der Waals surface area contributed by atoms with Crippen molar-refractivity contribution >= 4 is 21.5 Å². The van der Waals surface area contributed by atoms with Gasteiger partial charge in [0.2, 0.25) is 5.89 Å². The first-order valence-corrected chi connectivity index (χ1v) is 13.3. The molecule has 1 aliphatic rings. The number of benzene rings is 2. The van der Waals surface area contributed by atoms with Crippen molar-refractivity contribution in [3.05, 3.63) is 96.0 Å². The van der Waals surface area contributed by atoms with Crippen LogP contribution in [0.4, 0.5) is 0 Å². The second kappa shape index (κ2) is 10.4. The highest BCUT2D eigenvalue weighted by Crippen LogP contribution is 2.32. The van der Waals surface area contributed by atoms with Crippen molar-refractivity contribution in [3.8, 4) is 11.1 Å². The number of rotatable bonds is 8. The van der Waals surface area contributed by atoms with Crippen molar-refractivity contribution in [2.45, 2.75) is 24.0 Å². The molecule has 0 aliphatic carbocycles. The summed E-state index contributed by atoms with van der Waals surface area (Å²) in [5.41, 5.74) is 3.17. The van der Waals surface area contributed by atoms with Crippen LogP contribution in [-0.2, 0) is 26.2 Å². The number of sulfone groups is 1. The number of hydrogen-bond acceptors (Lipinski definition) is 9. The highest BCUT2D eigenvalue weighted by atomic mass is 32.2. The molecule has 2 aromatic carbocycles. The van der Waals surface area contributed by atoms with E-state index in [1.54, 1.807) is 29.2 Å². The number of furan rings is 1. The molecule has 37 heavy (non-hydrogen) atoms. The van der Waals surface area contributed by atoms with E-state index < -0.39 is 21.6 Å². The maximum atomic E-state index is 13.5. The maximum Gasteiger partial charge on any atom is 0.254 e. The van der Waals surface area contributed by atoms with Crippen LogP contribution in [0.15, 0.2) is 87.1 Å². The Morgan fingerprint density at radius 1 is 1.05 bits per heavy atom. The van der Waals surface area contributed by atoms with Crippen LogP contribution in [0.5, 0.6) is 0 Å². The lowest BCUT2D eigenvalue weighted by atomic mass is 10.0. The monoisotopic (exact) mass is 520 g/mol. The summed E-state index contributed by atoms with van der Waals surface area (Å²) < 4.78 is 35.6. The normalized spacial score (nSPS) is 16.8. The molecular weight excluding hydrogens is 496 g/mol. The van der Waals surface area contributed by atoms with Crippen molar-refractivity contribution < 1.29 is 27.0 Å². The number of hydrogen-bond donors (Lipinski definition) is 0. The fourth-order valence-corrected chi connectivity index (χ4v) is 5.47. The van der Waals surface area contributed by atoms with Gasteiger partial charge in [-0.3, -0.25) is 4.79 Å². The molecule has 0 N–H and O–H groups in total.